The summed E-state index contributed by atoms with van der Waals surface area (Å²) in [6, 6.07) is 5.83. The van der Waals surface area contributed by atoms with Gasteiger partial charge in [0.05, 0.1) is 6.61 Å². The van der Waals surface area contributed by atoms with Crippen LogP contribution in [0.15, 0.2) is 24.3 Å². The van der Waals surface area contributed by atoms with E-state index in [1.807, 2.05) is 13.8 Å². The fourth-order valence-corrected chi connectivity index (χ4v) is 1.71. The van der Waals surface area contributed by atoms with E-state index in [4.69, 9.17) is 9.84 Å². The lowest BCUT2D eigenvalue weighted by Crippen LogP contribution is -2.40. The van der Waals surface area contributed by atoms with Crippen LogP contribution in [-0.2, 0) is 4.79 Å². The van der Waals surface area contributed by atoms with Gasteiger partial charge < -0.3 is 15.2 Å². The molecule has 0 spiro atoms. The molecule has 0 aromatic heterocycles. The molecule has 0 fully saturated rings. The summed E-state index contributed by atoms with van der Waals surface area (Å²) in [6.45, 7) is 4.52. The summed E-state index contributed by atoms with van der Waals surface area (Å²) >= 11 is 0. The second-order valence-electron chi connectivity index (χ2n) is 4.53. The average Bonchev–Trinajstić information content (AvgIpc) is 2.45. The fraction of sp³-hybridized carbons (Fsp3) is 0.467. The first-order chi connectivity index (χ1) is 9.58. The monoisotopic (exact) mass is 279 g/mol. The Labute approximate surface area is 118 Å². The van der Waals surface area contributed by atoms with Gasteiger partial charge in [-0.15, -0.1) is 0 Å². The second-order valence-corrected chi connectivity index (χ2v) is 4.53. The summed E-state index contributed by atoms with van der Waals surface area (Å²) in [5.41, 5.74) is 0.427. The first-order valence-electron chi connectivity index (χ1n) is 6.85. The molecule has 110 valence electrons. The quantitative estimate of drug-likeness (QED) is 0.766. The second kappa shape index (κ2) is 8.19. The maximum Gasteiger partial charge on any atom is 0.326 e. The summed E-state index contributed by atoms with van der Waals surface area (Å²) in [7, 11) is 0. The Balaban J connectivity index is 2.64. The number of carbonyl (C=O) groups is 2. The number of hydrogen-bond donors (Lipinski definition) is 2. The third kappa shape index (κ3) is 4.91. The van der Waals surface area contributed by atoms with Crippen LogP contribution in [0.25, 0.3) is 0 Å². The molecular formula is C15H21NO4. The lowest BCUT2D eigenvalue weighted by molar-refractivity contribution is -0.139. The van der Waals surface area contributed by atoms with Crippen molar-refractivity contribution in [2.24, 2.45) is 0 Å². The molecule has 5 heteroatoms. The van der Waals surface area contributed by atoms with Gasteiger partial charge in [0.15, 0.2) is 0 Å². The van der Waals surface area contributed by atoms with Gasteiger partial charge in [-0.3, -0.25) is 4.79 Å². The number of hydrogen-bond acceptors (Lipinski definition) is 3. The molecule has 1 amide bonds. The van der Waals surface area contributed by atoms with Crippen LogP contribution in [0.4, 0.5) is 0 Å². The molecule has 0 aliphatic heterocycles. The van der Waals surface area contributed by atoms with Gasteiger partial charge in [0, 0.05) is 5.56 Å². The normalized spacial score (nSPS) is 11.7. The topological polar surface area (TPSA) is 75.6 Å². The van der Waals surface area contributed by atoms with Crippen LogP contribution < -0.4 is 10.1 Å². The minimum atomic E-state index is -1.01. The van der Waals surface area contributed by atoms with E-state index in [0.29, 0.717) is 30.8 Å². The largest absolute Gasteiger partial charge is 0.494 e. The summed E-state index contributed by atoms with van der Waals surface area (Å²) in [6.07, 6.45) is 2.03. The van der Waals surface area contributed by atoms with E-state index in [9.17, 15) is 9.59 Å². The Morgan fingerprint density at radius 2 is 1.85 bits per heavy atom. The number of rotatable bonds is 8. The number of ether oxygens (including phenoxy) is 1. The molecule has 1 atom stereocenters. The van der Waals surface area contributed by atoms with Gasteiger partial charge in [-0.1, -0.05) is 20.3 Å². The molecule has 0 heterocycles. The Hall–Kier alpha value is -2.04. The van der Waals surface area contributed by atoms with Crippen molar-refractivity contribution < 1.29 is 19.4 Å². The van der Waals surface area contributed by atoms with E-state index in [-0.39, 0.29) is 5.91 Å². The van der Waals surface area contributed by atoms with E-state index in [1.54, 1.807) is 24.3 Å². The Morgan fingerprint density at radius 1 is 1.20 bits per heavy atom. The standard InChI is InChI=1S/C15H21NO4/c1-3-5-13(15(18)19)16-14(17)11-6-8-12(9-7-11)20-10-4-2/h6-9,13H,3-5,10H2,1-2H3,(H,16,17)(H,18,19)/t13-/m1/s1. The number of aliphatic carboxylic acids is 1. The van der Waals surface area contributed by atoms with Crippen molar-refractivity contribution in [2.75, 3.05) is 6.61 Å². The smallest absolute Gasteiger partial charge is 0.326 e. The van der Waals surface area contributed by atoms with Crippen LogP contribution in [0.2, 0.25) is 0 Å². The molecule has 1 aromatic carbocycles. The summed E-state index contributed by atoms with van der Waals surface area (Å²) in [5, 5.41) is 11.5. The highest BCUT2D eigenvalue weighted by atomic mass is 16.5. The fourth-order valence-electron chi connectivity index (χ4n) is 1.71. The zero-order valence-corrected chi connectivity index (χ0v) is 11.9. The summed E-state index contributed by atoms with van der Waals surface area (Å²) in [4.78, 5) is 22.9. The molecular weight excluding hydrogens is 258 g/mol. The van der Waals surface area contributed by atoms with Gasteiger partial charge >= 0.3 is 5.97 Å². The van der Waals surface area contributed by atoms with Gasteiger partial charge in [0.25, 0.3) is 5.91 Å². The van der Waals surface area contributed by atoms with Gasteiger partial charge in [0.2, 0.25) is 0 Å². The van der Waals surface area contributed by atoms with E-state index < -0.39 is 12.0 Å². The molecule has 1 rings (SSSR count). The number of carbonyl (C=O) groups excluding carboxylic acids is 1. The predicted molar refractivity (Wildman–Crippen MR) is 76.0 cm³/mol. The first kappa shape index (κ1) is 16.0. The Bertz CT molecular complexity index is 442. The van der Waals surface area contributed by atoms with E-state index >= 15 is 0 Å². The minimum absolute atomic E-state index is 0.382. The van der Waals surface area contributed by atoms with Crippen molar-refractivity contribution in [3.05, 3.63) is 29.8 Å². The van der Waals surface area contributed by atoms with Crippen LogP contribution >= 0.6 is 0 Å². The van der Waals surface area contributed by atoms with E-state index in [0.717, 1.165) is 6.42 Å². The van der Waals surface area contributed by atoms with Crippen molar-refractivity contribution in [3.63, 3.8) is 0 Å². The molecule has 0 aliphatic carbocycles. The first-order valence-corrected chi connectivity index (χ1v) is 6.85. The van der Waals surface area contributed by atoms with Gasteiger partial charge in [0.1, 0.15) is 11.8 Å². The van der Waals surface area contributed by atoms with Crippen LogP contribution in [-0.4, -0.2) is 29.6 Å². The van der Waals surface area contributed by atoms with Gasteiger partial charge in [-0.2, -0.15) is 0 Å². The molecule has 0 saturated heterocycles. The number of carboxylic acid groups (broad SMARTS) is 1. The van der Waals surface area contributed by atoms with Crippen LogP contribution in [0.1, 0.15) is 43.5 Å². The maximum atomic E-state index is 11.9. The summed E-state index contributed by atoms with van der Waals surface area (Å²) < 4.78 is 5.42. The highest BCUT2D eigenvalue weighted by Crippen LogP contribution is 2.12. The van der Waals surface area contributed by atoms with Crippen LogP contribution in [0.5, 0.6) is 5.75 Å². The van der Waals surface area contributed by atoms with Crippen molar-refractivity contribution >= 4 is 11.9 Å². The van der Waals surface area contributed by atoms with Crippen LogP contribution in [0, 0.1) is 0 Å². The molecule has 0 unspecified atom stereocenters. The molecule has 0 bridgehead atoms. The average molecular weight is 279 g/mol. The molecule has 2 N–H and O–H groups in total. The Morgan fingerprint density at radius 3 is 2.35 bits per heavy atom. The molecule has 0 radical (unpaired) electrons. The van der Waals surface area contributed by atoms with Crippen molar-refractivity contribution in [3.8, 4) is 5.75 Å². The molecule has 5 nitrogen and oxygen atoms in total. The van der Waals surface area contributed by atoms with E-state index in [1.165, 1.54) is 0 Å². The number of carboxylic acids is 1. The van der Waals surface area contributed by atoms with Crippen molar-refractivity contribution in [1.82, 2.24) is 5.32 Å². The van der Waals surface area contributed by atoms with Crippen molar-refractivity contribution in [1.29, 1.82) is 0 Å². The zero-order chi connectivity index (χ0) is 15.0. The zero-order valence-electron chi connectivity index (χ0n) is 11.9. The van der Waals surface area contributed by atoms with Crippen molar-refractivity contribution in [2.45, 2.75) is 39.2 Å². The molecule has 20 heavy (non-hydrogen) atoms. The number of amides is 1. The number of benzene rings is 1. The number of nitrogens with one attached hydrogen (secondary N) is 1. The van der Waals surface area contributed by atoms with Crippen LogP contribution in [0.3, 0.4) is 0 Å². The van der Waals surface area contributed by atoms with Gasteiger partial charge in [-0.05, 0) is 37.1 Å². The van der Waals surface area contributed by atoms with Gasteiger partial charge in [-0.25, -0.2) is 4.79 Å². The highest BCUT2D eigenvalue weighted by Gasteiger charge is 2.19. The molecule has 1 aromatic rings. The predicted octanol–water partition coefficient (Wildman–Crippen LogP) is 2.46. The Kier molecular flexibility index (Phi) is 6.56. The lowest BCUT2D eigenvalue weighted by Gasteiger charge is -2.13. The lowest BCUT2D eigenvalue weighted by atomic mass is 10.1. The molecule has 0 aliphatic rings. The molecule has 0 saturated carbocycles. The summed E-state index contributed by atoms with van der Waals surface area (Å²) in [5.74, 6) is -0.692. The minimum Gasteiger partial charge on any atom is -0.494 e. The van der Waals surface area contributed by atoms with E-state index in [2.05, 4.69) is 5.32 Å². The highest BCUT2D eigenvalue weighted by molar-refractivity contribution is 5.96. The maximum absolute atomic E-state index is 11.9. The third-order valence-electron chi connectivity index (χ3n) is 2.77. The SMILES string of the molecule is CCCOc1ccc(C(=O)N[C@H](CCC)C(=O)O)cc1. The third-order valence-corrected chi connectivity index (χ3v) is 2.77.